The van der Waals surface area contributed by atoms with Crippen LogP contribution in [0.2, 0.25) is 5.02 Å². The molecule has 8 heteroatoms. The van der Waals surface area contributed by atoms with Crippen LogP contribution in [-0.2, 0) is 14.8 Å². The number of nitrogens with one attached hydrogen (secondary N) is 1. The van der Waals surface area contributed by atoms with Crippen molar-refractivity contribution in [2.75, 3.05) is 31.1 Å². The molecule has 1 aliphatic heterocycles. The van der Waals surface area contributed by atoms with Crippen LogP contribution in [0.15, 0.2) is 59.5 Å². The fourth-order valence-corrected chi connectivity index (χ4v) is 4.39. The summed E-state index contributed by atoms with van der Waals surface area (Å²) in [6, 6.07) is 15.0. The van der Waals surface area contributed by atoms with E-state index in [1.54, 1.807) is 11.8 Å². The lowest BCUT2D eigenvalue weighted by atomic mass is 10.2. The summed E-state index contributed by atoms with van der Waals surface area (Å²) in [6.45, 7) is 4.11. The van der Waals surface area contributed by atoms with Gasteiger partial charge in [-0.3, -0.25) is 4.79 Å². The van der Waals surface area contributed by atoms with Crippen molar-refractivity contribution >= 4 is 33.2 Å². The Bertz CT molecular complexity index is 880. The van der Waals surface area contributed by atoms with Gasteiger partial charge in [-0.25, -0.2) is 8.42 Å². The third-order valence-corrected chi connectivity index (χ3v) is 6.35. The molecule has 1 saturated heterocycles. The molecule has 1 fully saturated rings. The molecule has 0 bridgehead atoms. The number of sulfonamides is 1. The predicted molar refractivity (Wildman–Crippen MR) is 106 cm³/mol. The second-order valence-electron chi connectivity index (χ2n) is 6.44. The molecule has 27 heavy (non-hydrogen) atoms. The monoisotopic (exact) mass is 407 g/mol. The van der Waals surface area contributed by atoms with Gasteiger partial charge in [0, 0.05) is 36.9 Å². The van der Waals surface area contributed by atoms with Crippen LogP contribution in [0.4, 0.5) is 5.69 Å². The highest BCUT2D eigenvalue weighted by Gasteiger charge is 2.28. The molecule has 144 valence electrons. The smallest absolute Gasteiger partial charge is 0.241 e. The van der Waals surface area contributed by atoms with E-state index < -0.39 is 16.1 Å². The number of anilines is 1. The van der Waals surface area contributed by atoms with Crippen molar-refractivity contribution in [3.8, 4) is 0 Å². The maximum Gasteiger partial charge on any atom is 0.241 e. The molecule has 1 heterocycles. The summed E-state index contributed by atoms with van der Waals surface area (Å²) in [5.41, 5.74) is 1.13. The second kappa shape index (κ2) is 8.29. The minimum atomic E-state index is -3.78. The van der Waals surface area contributed by atoms with Crippen LogP contribution in [0.25, 0.3) is 0 Å². The summed E-state index contributed by atoms with van der Waals surface area (Å²) in [6.07, 6.45) is 0. The molecule has 0 saturated carbocycles. The minimum Gasteiger partial charge on any atom is -0.368 e. The normalized spacial score (nSPS) is 16.2. The van der Waals surface area contributed by atoms with Gasteiger partial charge in [-0.2, -0.15) is 4.72 Å². The molecule has 0 spiro atoms. The maximum absolute atomic E-state index is 12.7. The van der Waals surface area contributed by atoms with Crippen LogP contribution in [0.1, 0.15) is 6.92 Å². The largest absolute Gasteiger partial charge is 0.368 e. The van der Waals surface area contributed by atoms with Gasteiger partial charge in [0.2, 0.25) is 15.9 Å². The molecular weight excluding hydrogens is 386 g/mol. The van der Waals surface area contributed by atoms with Gasteiger partial charge in [0.25, 0.3) is 0 Å². The van der Waals surface area contributed by atoms with Gasteiger partial charge in [-0.15, -0.1) is 0 Å². The number of benzene rings is 2. The topological polar surface area (TPSA) is 69.7 Å². The number of carbonyl (C=O) groups excluding carboxylic acids is 1. The Hall–Kier alpha value is -2.09. The number of carbonyl (C=O) groups is 1. The van der Waals surface area contributed by atoms with Crippen LogP contribution in [0.3, 0.4) is 0 Å². The lowest BCUT2D eigenvalue weighted by Crippen LogP contribution is -2.54. The summed E-state index contributed by atoms with van der Waals surface area (Å²) in [5.74, 6) is -0.222. The summed E-state index contributed by atoms with van der Waals surface area (Å²) in [4.78, 5) is 16.7. The van der Waals surface area contributed by atoms with E-state index in [1.807, 2.05) is 30.3 Å². The Kier molecular flexibility index (Phi) is 6.04. The number of hydrogen-bond acceptors (Lipinski definition) is 4. The molecule has 2 aromatic carbocycles. The number of halogens is 1. The molecule has 6 nitrogen and oxygen atoms in total. The molecule has 2 aromatic rings. The number of nitrogens with zero attached hydrogens (tertiary/aromatic N) is 2. The number of hydrogen-bond donors (Lipinski definition) is 1. The number of piperazine rings is 1. The molecule has 1 aliphatic rings. The zero-order chi connectivity index (χ0) is 19.4. The lowest BCUT2D eigenvalue weighted by molar-refractivity contribution is -0.132. The van der Waals surface area contributed by atoms with Crippen molar-refractivity contribution in [1.82, 2.24) is 9.62 Å². The fraction of sp³-hybridized carbons (Fsp3) is 0.316. The number of rotatable bonds is 5. The zero-order valence-electron chi connectivity index (χ0n) is 15.0. The van der Waals surface area contributed by atoms with Gasteiger partial charge in [0.05, 0.1) is 10.9 Å². The minimum absolute atomic E-state index is 0.0837. The Morgan fingerprint density at radius 3 is 2.19 bits per heavy atom. The van der Waals surface area contributed by atoms with E-state index >= 15 is 0 Å². The van der Waals surface area contributed by atoms with Crippen LogP contribution < -0.4 is 9.62 Å². The molecule has 3 rings (SSSR count). The molecule has 0 radical (unpaired) electrons. The van der Waals surface area contributed by atoms with E-state index in [2.05, 4.69) is 9.62 Å². The van der Waals surface area contributed by atoms with Crippen LogP contribution >= 0.6 is 11.6 Å². The summed E-state index contributed by atoms with van der Waals surface area (Å²) >= 11 is 5.80. The lowest BCUT2D eigenvalue weighted by Gasteiger charge is -2.37. The van der Waals surface area contributed by atoms with E-state index in [4.69, 9.17) is 11.6 Å². The van der Waals surface area contributed by atoms with Gasteiger partial charge < -0.3 is 9.80 Å². The van der Waals surface area contributed by atoms with Crippen molar-refractivity contribution in [1.29, 1.82) is 0 Å². The highest BCUT2D eigenvalue weighted by atomic mass is 35.5. The first-order valence-corrected chi connectivity index (χ1v) is 10.6. The summed E-state index contributed by atoms with van der Waals surface area (Å²) in [5, 5.41) is 0.453. The third kappa shape index (κ3) is 4.80. The van der Waals surface area contributed by atoms with E-state index in [9.17, 15) is 13.2 Å². The average molecular weight is 408 g/mol. The molecule has 1 N–H and O–H groups in total. The van der Waals surface area contributed by atoms with Crippen molar-refractivity contribution < 1.29 is 13.2 Å². The van der Waals surface area contributed by atoms with Gasteiger partial charge in [-0.05, 0) is 43.3 Å². The predicted octanol–water partition coefficient (Wildman–Crippen LogP) is 2.36. The first-order valence-electron chi connectivity index (χ1n) is 8.73. The maximum atomic E-state index is 12.7. The van der Waals surface area contributed by atoms with Crippen LogP contribution in [-0.4, -0.2) is 51.4 Å². The highest BCUT2D eigenvalue weighted by molar-refractivity contribution is 7.89. The van der Waals surface area contributed by atoms with Crippen molar-refractivity contribution in [2.24, 2.45) is 0 Å². The third-order valence-electron chi connectivity index (χ3n) is 4.54. The van der Waals surface area contributed by atoms with E-state index in [1.165, 1.54) is 24.3 Å². The number of amides is 1. The quantitative estimate of drug-likeness (QED) is 0.826. The van der Waals surface area contributed by atoms with Crippen LogP contribution in [0, 0.1) is 0 Å². The van der Waals surface area contributed by atoms with Gasteiger partial charge in [-0.1, -0.05) is 29.8 Å². The van der Waals surface area contributed by atoms with Gasteiger partial charge in [0.15, 0.2) is 0 Å². The Balaban J connectivity index is 1.59. The van der Waals surface area contributed by atoms with Crippen molar-refractivity contribution in [2.45, 2.75) is 17.9 Å². The summed E-state index contributed by atoms with van der Waals surface area (Å²) in [7, 11) is -3.78. The Labute approximate surface area is 164 Å². The molecule has 1 amide bonds. The first kappa shape index (κ1) is 19.7. The molecule has 0 aliphatic carbocycles. The SMILES string of the molecule is C[C@@H](NS(=O)(=O)c1ccc(Cl)cc1)C(=O)N1CCN(c2ccccc2)CC1. The standard InChI is InChI=1S/C19H22ClN3O3S/c1-15(21-27(25,26)18-9-7-16(20)8-10-18)19(24)23-13-11-22(12-14-23)17-5-3-2-4-6-17/h2-10,15,21H,11-14H2,1H3/t15-/m1/s1. The first-order chi connectivity index (χ1) is 12.9. The highest BCUT2D eigenvalue weighted by Crippen LogP contribution is 2.17. The average Bonchev–Trinajstić information content (AvgIpc) is 2.68. The summed E-state index contributed by atoms with van der Waals surface area (Å²) < 4.78 is 27.3. The van der Waals surface area contributed by atoms with Gasteiger partial charge >= 0.3 is 0 Å². The number of para-hydroxylation sites is 1. The van der Waals surface area contributed by atoms with E-state index in [0.717, 1.165) is 5.69 Å². The van der Waals surface area contributed by atoms with Crippen molar-refractivity contribution in [3.63, 3.8) is 0 Å². The molecule has 0 aromatic heterocycles. The van der Waals surface area contributed by atoms with E-state index in [0.29, 0.717) is 31.2 Å². The van der Waals surface area contributed by atoms with Crippen LogP contribution in [0.5, 0.6) is 0 Å². The molecule has 0 unspecified atom stereocenters. The van der Waals surface area contributed by atoms with Crippen molar-refractivity contribution in [3.05, 3.63) is 59.6 Å². The van der Waals surface area contributed by atoms with Gasteiger partial charge in [0.1, 0.15) is 0 Å². The second-order valence-corrected chi connectivity index (χ2v) is 8.60. The zero-order valence-corrected chi connectivity index (χ0v) is 16.6. The Morgan fingerprint density at radius 2 is 1.59 bits per heavy atom. The fourth-order valence-electron chi connectivity index (χ4n) is 3.06. The van der Waals surface area contributed by atoms with E-state index in [-0.39, 0.29) is 10.8 Å². The molecule has 1 atom stereocenters. The Morgan fingerprint density at radius 1 is 1.00 bits per heavy atom. The molecular formula is C19H22ClN3O3S.